The molecule has 0 aliphatic carbocycles. The summed E-state index contributed by atoms with van der Waals surface area (Å²) >= 11 is 1.87. The lowest BCUT2D eigenvalue weighted by Gasteiger charge is -2.46. The number of thiophene rings is 1. The minimum absolute atomic E-state index is 0.121. The molecule has 122 valence electrons. The number of carbonyl (C=O) groups excluding carboxylic acids is 1. The molecule has 2 aromatic heterocycles. The maximum atomic E-state index is 12.7. The molecule has 4 nitrogen and oxygen atoms in total. The number of carbonyl (C=O) groups is 1. The van der Waals surface area contributed by atoms with Crippen molar-refractivity contribution in [3.63, 3.8) is 0 Å². The van der Waals surface area contributed by atoms with E-state index in [1.165, 1.54) is 10.4 Å². The van der Waals surface area contributed by atoms with Crippen LogP contribution in [0.4, 0.5) is 0 Å². The van der Waals surface area contributed by atoms with Crippen LogP contribution in [0.1, 0.15) is 20.9 Å². The molecule has 2 aliphatic rings. The summed E-state index contributed by atoms with van der Waals surface area (Å²) in [7, 11) is 0. The molecule has 5 heteroatoms. The third kappa shape index (κ3) is 2.27. The zero-order valence-electron chi connectivity index (χ0n) is 13.4. The Balaban J connectivity index is 1.25. The summed E-state index contributed by atoms with van der Waals surface area (Å²) in [5, 5.41) is 3.29. The molecule has 24 heavy (non-hydrogen) atoms. The summed E-state index contributed by atoms with van der Waals surface area (Å²) < 4.78 is 0. The zero-order valence-corrected chi connectivity index (χ0v) is 14.2. The van der Waals surface area contributed by atoms with Crippen LogP contribution in [0.5, 0.6) is 0 Å². The number of benzene rings is 1. The molecule has 0 spiro atoms. The quantitative estimate of drug-likeness (QED) is 0.780. The highest BCUT2D eigenvalue weighted by molar-refractivity contribution is 7.10. The predicted octanol–water partition coefficient (Wildman–Crippen LogP) is 3.11. The van der Waals surface area contributed by atoms with Gasteiger partial charge in [-0.15, -0.1) is 11.3 Å². The first-order chi connectivity index (χ1) is 11.8. The van der Waals surface area contributed by atoms with E-state index in [-0.39, 0.29) is 5.91 Å². The van der Waals surface area contributed by atoms with Gasteiger partial charge in [-0.25, -0.2) is 0 Å². The summed E-state index contributed by atoms with van der Waals surface area (Å²) in [6.45, 7) is 3.84. The van der Waals surface area contributed by atoms with Crippen molar-refractivity contribution in [1.29, 1.82) is 0 Å². The van der Waals surface area contributed by atoms with Gasteiger partial charge < -0.3 is 9.88 Å². The molecular formula is C19H19N3OS. The molecule has 1 saturated heterocycles. The molecule has 1 N–H and O–H groups in total. The van der Waals surface area contributed by atoms with Gasteiger partial charge in [-0.1, -0.05) is 18.2 Å². The van der Waals surface area contributed by atoms with Gasteiger partial charge in [0.25, 0.3) is 5.91 Å². The van der Waals surface area contributed by atoms with E-state index in [0.29, 0.717) is 11.7 Å². The van der Waals surface area contributed by atoms with Gasteiger partial charge in [0.1, 0.15) is 5.69 Å². The Morgan fingerprint density at radius 2 is 2.08 bits per heavy atom. The number of aromatic amines is 1. The molecule has 1 fully saturated rings. The van der Waals surface area contributed by atoms with E-state index in [1.54, 1.807) is 0 Å². The van der Waals surface area contributed by atoms with E-state index < -0.39 is 0 Å². The van der Waals surface area contributed by atoms with Gasteiger partial charge >= 0.3 is 0 Å². The predicted molar refractivity (Wildman–Crippen MR) is 96.4 cm³/mol. The molecule has 1 amide bonds. The Morgan fingerprint density at radius 1 is 1.21 bits per heavy atom. The van der Waals surface area contributed by atoms with Crippen molar-refractivity contribution >= 4 is 28.1 Å². The number of rotatable bonds is 2. The minimum Gasteiger partial charge on any atom is -0.351 e. The minimum atomic E-state index is 0.121. The van der Waals surface area contributed by atoms with Crippen LogP contribution in [-0.2, 0) is 13.0 Å². The molecule has 0 radical (unpaired) electrons. The van der Waals surface area contributed by atoms with Crippen molar-refractivity contribution in [1.82, 2.24) is 14.8 Å². The highest BCUT2D eigenvalue weighted by Crippen LogP contribution is 2.28. The molecule has 2 aliphatic heterocycles. The van der Waals surface area contributed by atoms with Crippen LogP contribution < -0.4 is 0 Å². The van der Waals surface area contributed by atoms with Gasteiger partial charge in [-0.05, 0) is 35.6 Å². The highest BCUT2D eigenvalue weighted by atomic mass is 32.1. The molecule has 5 rings (SSSR count). The first-order valence-corrected chi connectivity index (χ1v) is 9.32. The van der Waals surface area contributed by atoms with Crippen molar-refractivity contribution in [3.05, 3.63) is 57.9 Å². The van der Waals surface area contributed by atoms with Crippen LogP contribution in [0, 0.1) is 0 Å². The summed E-state index contributed by atoms with van der Waals surface area (Å²) in [6, 6.07) is 12.7. The number of likely N-dealkylation sites (tertiary alicyclic amines) is 1. The third-order valence-corrected chi connectivity index (χ3v) is 6.29. The molecule has 0 saturated carbocycles. The van der Waals surface area contributed by atoms with Gasteiger partial charge in [-0.2, -0.15) is 0 Å². The van der Waals surface area contributed by atoms with Crippen molar-refractivity contribution in [2.45, 2.75) is 19.0 Å². The van der Waals surface area contributed by atoms with Crippen molar-refractivity contribution in [2.24, 2.45) is 0 Å². The van der Waals surface area contributed by atoms with E-state index in [9.17, 15) is 4.79 Å². The lowest BCUT2D eigenvalue weighted by atomic mass is 10.0. The van der Waals surface area contributed by atoms with E-state index in [0.717, 1.165) is 43.5 Å². The first-order valence-electron chi connectivity index (χ1n) is 8.44. The summed E-state index contributed by atoms with van der Waals surface area (Å²) in [6.07, 6.45) is 1.15. The number of fused-ring (bicyclic) bond motifs is 2. The van der Waals surface area contributed by atoms with E-state index in [4.69, 9.17) is 0 Å². The number of para-hydroxylation sites is 1. The Bertz CT molecular complexity index is 873. The smallest absolute Gasteiger partial charge is 0.270 e. The SMILES string of the molecule is O=C(c1cc2ccccc2[nH]1)N1CC(N2CCc3sccc3C2)C1. The molecule has 0 unspecified atom stereocenters. The largest absolute Gasteiger partial charge is 0.351 e. The standard InChI is InChI=1S/C19H19N3OS/c23-19(17-9-13-3-1-2-4-16(13)20-17)22-11-15(12-22)21-7-5-18-14(10-21)6-8-24-18/h1-4,6,8-9,15,20H,5,7,10-12H2. The van der Waals surface area contributed by atoms with E-state index in [1.807, 2.05) is 46.6 Å². The third-order valence-electron chi connectivity index (χ3n) is 5.26. The molecule has 0 atom stereocenters. The average Bonchev–Trinajstić information content (AvgIpc) is 3.19. The Morgan fingerprint density at radius 3 is 2.96 bits per heavy atom. The fourth-order valence-corrected chi connectivity index (χ4v) is 4.68. The number of aromatic nitrogens is 1. The van der Waals surface area contributed by atoms with Crippen molar-refractivity contribution < 1.29 is 4.79 Å². The Labute approximate surface area is 144 Å². The fraction of sp³-hybridized carbons (Fsp3) is 0.316. The van der Waals surface area contributed by atoms with Gasteiger partial charge in [0, 0.05) is 48.0 Å². The molecular weight excluding hydrogens is 318 g/mol. The number of nitrogens with zero attached hydrogens (tertiary/aromatic N) is 2. The zero-order chi connectivity index (χ0) is 16.1. The maximum Gasteiger partial charge on any atom is 0.270 e. The second-order valence-corrected chi connectivity index (χ2v) is 7.72. The lowest BCUT2D eigenvalue weighted by Crippen LogP contribution is -2.61. The first kappa shape index (κ1) is 14.3. The van der Waals surface area contributed by atoms with Gasteiger partial charge in [0.2, 0.25) is 0 Å². The second kappa shape index (κ2) is 5.46. The summed E-state index contributed by atoms with van der Waals surface area (Å²) in [4.78, 5) is 21.9. The fourth-order valence-electron chi connectivity index (χ4n) is 3.79. The summed E-state index contributed by atoms with van der Waals surface area (Å²) in [5.74, 6) is 0.121. The number of amides is 1. The topological polar surface area (TPSA) is 39.3 Å². The van der Waals surface area contributed by atoms with Gasteiger partial charge in [-0.3, -0.25) is 9.69 Å². The number of H-pyrrole nitrogens is 1. The maximum absolute atomic E-state index is 12.7. The highest BCUT2D eigenvalue weighted by Gasteiger charge is 2.36. The van der Waals surface area contributed by atoms with Crippen LogP contribution in [0.25, 0.3) is 10.9 Å². The molecule has 0 bridgehead atoms. The van der Waals surface area contributed by atoms with Crippen LogP contribution in [0.3, 0.4) is 0 Å². The van der Waals surface area contributed by atoms with Gasteiger partial charge in [0.15, 0.2) is 0 Å². The van der Waals surface area contributed by atoms with Crippen LogP contribution in [-0.4, -0.2) is 46.4 Å². The summed E-state index contributed by atoms with van der Waals surface area (Å²) in [5.41, 5.74) is 3.21. The van der Waals surface area contributed by atoms with E-state index in [2.05, 4.69) is 21.3 Å². The lowest BCUT2D eigenvalue weighted by molar-refractivity contribution is 0.0217. The normalized spacial score (nSPS) is 18.6. The van der Waals surface area contributed by atoms with Crippen molar-refractivity contribution in [3.8, 4) is 0 Å². The Kier molecular flexibility index (Phi) is 3.24. The van der Waals surface area contributed by atoms with E-state index >= 15 is 0 Å². The molecule has 3 aromatic rings. The number of nitrogens with one attached hydrogen (secondary N) is 1. The van der Waals surface area contributed by atoms with Crippen LogP contribution >= 0.6 is 11.3 Å². The second-order valence-electron chi connectivity index (χ2n) is 6.72. The Hall–Kier alpha value is -2.11. The number of hydrogen-bond acceptors (Lipinski definition) is 3. The monoisotopic (exact) mass is 337 g/mol. The van der Waals surface area contributed by atoms with Gasteiger partial charge in [0.05, 0.1) is 0 Å². The van der Waals surface area contributed by atoms with Crippen molar-refractivity contribution in [2.75, 3.05) is 19.6 Å². The van der Waals surface area contributed by atoms with Crippen LogP contribution in [0.2, 0.25) is 0 Å². The molecule has 1 aromatic carbocycles. The molecule has 4 heterocycles. The average molecular weight is 337 g/mol. The van der Waals surface area contributed by atoms with Crippen LogP contribution in [0.15, 0.2) is 41.8 Å². The number of hydrogen-bond donors (Lipinski definition) is 1.